The first-order valence-corrected chi connectivity index (χ1v) is 6.30. The maximum absolute atomic E-state index is 13.2. The predicted molar refractivity (Wildman–Crippen MR) is 69.6 cm³/mol. The zero-order valence-electron chi connectivity index (χ0n) is 8.86. The molecule has 0 saturated carbocycles. The molecule has 2 N–H and O–H groups in total. The molecule has 5 heteroatoms. The van der Waals surface area contributed by atoms with E-state index in [-0.39, 0.29) is 5.02 Å². The molecular weight excluding hydrogens is 259 g/mol. The van der Waals surface area contributed by atoms with E-state index in [0.29, 0.717) is 11.4 Å². The van der Waals surface area contributed by atoms with Gasteiger partial charge in [-0.2, -0.15) is 0 Å². The third-order valence-electron chi connectivity index (χ3n) is 2.22. The normalized spacial score (nSPS) is 10.5. The maximum atomic E-state index is 13.2. The van der Waals surface area contributed by atoms with Crippen LogP contribution in [0.3, 0.4) is 0 Å². The highest BCUT2D eigenvalue weighted by atomic mass is 35.5. The fourth-order valence-electron chi connectivity index (χ4n) is 1.34. The summed E-state index contributed by atoms with van der Waals surface area (Å²) < 4.78 is 13.2. The average Bonchev–Trinajstić information content (AvgIpc) is 2.33. The smallest absolute Gasteiger partial charge is 0.142 e. The van der Waals surface area contributed by atoms with Gasteiger partial charge in [0.1, 0.15) is 5.82 Å². The maximum Gasteiger partial charge on any atom is 0.142 e. The molecular formula is C12H10ClFN2S. The van der Waals surface area contributed by atoms with Crippen LogP contribution in [-0.4, -0.2) is 4.98 Å². The average molecular weight is 269 g/mol. The molecule has 0 aliphatic carbocycles. The number of anilines is 1. The minimum Gasteiger partial charge on any atom is -0.397 e. The van der Waals surface area contributed by atoms with Crippen LogP contribution >= 0.6 is 23.4 Å². The zero-order valence-corrected chi connectivity index (χ0v) is 10.4. The van der Waals surface area contributed by atoms with Gasteiger partial charge in [-0.1, -0.05) is 23.7 Å². The number of halogens is 2. The second kappa shape index (κ2) is 5.38. The SMILES string of the molecule is Nc1cnccc1SCc1cccc(F)c1Cl. The lowest BCUT2D eigenvalue weighted by molar-refractivity contribution is 0.627. The molecule has 88 valence electrons. The number of hydrogen-bond acceptors (Lipinski definition) is 3. The van der Waals surface area contributed by atoms with Crippen molar-refractivity contribution in [1.82, 2.24) is 4.98 Å². The Morgan fingerprint density at radius 2 is 2.18 bits per heavy atom. The minimum absolute atomic E-state index is 0.174. The van der Waals surface area contributed by atoms with Crippen LogP contribution < -0.4 is 5.73 Å². The molecule has 1 heterocycles. The molecule has 0 fully saturated rings. The van der Waals surface area contributed by atoms with E-state index in [1.807, 2.05) is 6.07 Å². The van der Waals surface area contributed by atoms with Gasteiger partial charge in [0.15, 0.2) is 0 Å². The Kier molecular flexibility index (Phi) is 3.86. The Balaban J connectivity index is 2.13. The molecule has 0 aliphatic heterocycles. The molecule has 0 amide bonds. The van der Waals surface area contributed by atoms with Gasteiger partial charge in [0.2, 0.25) is 0 Å². The van der Waals surface area contributed by atoms with Crippen LogP contribution in [-0.2, 0) is 5.75 Å². The summed E-state index contributed by atoms with van der Waals surface area (Å²) in [6, 6.07) is 6.62. The third-order valence-corrected chi connectivity index (χ3v) is 3.79. The molecule has 0 unspecified atom stereocenters. The van der Waals surface area contributed by atoms with Crippen LogP contribution in [0.5, 0.6) is 0 Å². The number of nitrogens with two attached hydrogens (primary N) is 1. The minimum atomic E-state index is -0.396. The molecule has 2 aromatic rings. The van der Waals surface area contributed by atoms with Crippen LogP contribution in [0.15, 0.2) is 41.6 Å². The summed E-state index contributed by atoms with van der Waals surface area (Å²) in [5.74, 6) is 0.178. The second-order valence-corrected chi connectivity index (χ2v) is 4.81. The van der Waals surface area contributed by atoms with Crippen molar-refractivity contribution in [2.24, 2.45) is 0 Å². The highest BCUT2D eigenvalue weighted by Crippen LogP contribution is 2.30. The van der Waals surface area contributed by atoms with Crippen molar-refractivity contribution >= 4 is 29.1 Å². The molecule has 0 bridgehead atoms. The topological polar surface area (TPSA) is 38.9 Å². The van der Waals surface area contributed by atoms with Crippen molar-refractivity contribution in [2.75, 3.05) is 5.73 Å². The lowest BCUT2D eigenvalue weighted by Gasteiger charge is -2.06. The zero-order chi connectivity index (χ0) is 12.3. The molecule has 2 rings (SSSR count). The number of nitrogens with zero attached hydrogens (tertiary/aromatic N) is 1. The van der Waals surface area contributed by atoms with Crippen molar-refractivity contribution in [2.45, 2.75) is 10.6 Å². The second-order valence-electron chi connectivity index (χ2n) is 3.42. The van der Waals surface area contributed by atoms with Gasteiger partial charge in [0.05, 0.1) is 16.9 Å². The molecule has 0 saturated heterocycles. The van der Waals surface area contributed by atoms with Crippen LogP contribution in [0.2, 0.25) is 5.02 Å². The van der Waals surface area contributed by atoms with E-state index in [4.69, 9.17) is 17.3 Å². The van der Waals surface area contributed by atoms with E-state index in [2.05, 4.69) is 4.98 Å². The number of thioether (sulfide) groups is 1. The Morgan fingerprint density at radius 3 is 2.94 bits per heavy atom. The highest BCUT2D eigenvalue weighted by Gasteiger charge is 2.07. The van der Waals surface area contributed by atoms with E-state index in [1.165, 1.54) is 17.8 Å². The predicted octanol–water partition coefficient (Wildman–Crippen LogP) is 3.75. The van der Waals surface area contributed by atoms with Crippen molar-refractivity contribution < 1.29 is 4.39 Å². The third kappa shape index (κ3) is 2.90. The fourth-order valence-corrected chi connectivity index (χ4v) is 2.54. The molecule has 2 nitrogen and oxygen atoms in total. The van der Waals surface area contributed by atoms with Crippen molar-refractivity contribution in [3.05, 3.63) is 53.1 Å². The van der Waals surface area contributed by atoms with Crippen LogP contribution in [0.25, 0.3) is 0 Å². The van der Waals surface area contributed by atoms with Gasteiger partial charge in [0, 0.05) is 16.8 Å². The van der Waals surface area contributed by atoms with Crippen LogP contribution in [0.4, 0.5) is 10.1 Å². The van der Waals surface area contributed by atoms with Gasteiger partial charge < -0.3 is 5.73 Å². The van der Waals surface area contributed by atoms with Gasteiger partial charge in [-0.25, -0.2) is 4.39 Å². The van der Waals surface area contributed by atoms with Gasteiger partial charge >= 0.3 is 0 Å². The molecule has 1 aromatic heterocycles. The van der Waals surface area contributed by atoms with Crippen molar-refractivity contribution in [3.63, 3.8) is 0 Å². The van der Waals surface area contributed by atoms with Gasteiger partial charge in [-0.05, 0) is 17.7 Å². The first-order chi connectivity index (χ1) is 8.18. The van der Waals surface area contributed by atoms with E-state index >= 15 is 0 Å². The summed E-state index contributed by atoms with van der Waals surface area (Å²) in [7, 11) is 0. The lowest BCUT2D eigenvalue weighted by Crippen LogP contribution is -1.91. The van der Waals surface area contributed by atoms with Crippen molar-refractivity contribution in [1.29, 1.82) is 0 Å². The molecule has 0 atom stereocenters. The first kappa shape index (κ1) is 12.2. The van der Waals surface area contributed by atoms with Crippen LogP contribution in [0.1, 0.15) is 5.56 Å². The standard InChI is InChI=1S/C12H10ClFN2S/c13-12-8(2-1-3-9(12)14)7-17-11-4-5-16-6-10(11)15/h1-6H,7,15H2. The Morgan fingerprint density at radius 1 is 1.35 bits per heavy atom. The monoisotopic (exact) mass is 268 g/mol. The molecule has 0 radical (unpaired) electrons. The summed E-state index contributed by atoms with van der Waals surface area (Å²) in [5, 5.41) is 0.174. The number of rotatable bonds is 3. The summed E-state index contributed by atoms with van der Waals surface area (Å²) in [6.45, 7) is 0. The summed E-state index contributed by atoms with van der Waals surface area (Å²) >= 11 is 7.37. The quantitative estimate of drug-likeness (QED) is 0.862. The van der Waals surface area contributed by atoms with E-state index < -0.39 is 5.82 Å². The largest absolute Gasteiger partial charge is 0.397 e. The van der Waals surface area contributed by atoms with E-state index in [9.17, 15) is 4.39 Å². The van der Waals surface area contributed by atoms with Gasteiger partial charge in [-0.15, -0.1) is 11.8 Å². The molecule has 0 aliphatic rings. The van der Waals surface area contributed by atoms with Gasteiger partial charge in [-0.3, -0.25) is 4.98 Å². The lowest BCUT2D eigenvalue weighted by atomic mass is 10.2. The number of pyridine rings is 1. The van der Waals surface area contributed by atoms with Crippen molar-refractivity contribution in [3.8, 4) is 0 Å². The van der Waals surface area contributed by atoms with Gasteiger partial charge in [0.25, 0.3) is 0 Å². The first-order valence-electron chi connectivity index (χ1n) is 4.93. The molecule has 17 heavy (non-hydrogen) atoms. The Labute approximate surface area is 108 Å². The molecule has 0 spiro atoms. The Hall–Kier alpha value is -1.26. The summed E-state index contributed by atoms with van der Waals surface area (Å²) in [4.78, 5) is 4.82. The van der Waals surface area contributed by atoms with E-state index in [0.717, 1.165) is 10.5 Å². The van der Waals surface area contributed by atoms with E-state index in [1.54, 1.807) is 24.5 Å². The molecule has 1 aromatic carbocycles. The number of nitrogen functional groups attached to an aromatic ring is 1. The summed E-state index contributed by atoms with van der Waals surface area (Å²) in [5.41, 5.74) is 7.14. The summed E-state index contributed by atoms with van der Waals surface area (Å²) in [6.07, 6.45) is 3.27. The number of aromatic nitrogens is 1. The fraction of sp³-hybridized carbons (Fsp3) is 0.0833. The Bertz CT molecular complexity index is 534. The van der Waals surface area contributed by atoms with Crippen LogP contribution in [0, 0.1) is 5.82 Å². The highest BCUT2D eigenvalue weighted by molar-refractivity contribution is 7.98. The number of benzene rings is 1. The number of hydrogen-bond donors (Lipinski definition) is 1.